The van der Waals surface area contributed by atoms with Crippen molar-refractivity contribution in [3.8, 4) is 11.1 Å². The van der Waals surface area contributed by atoms with Crippen LogP contribution in [-0.2, 0) is 4.79 Å². The summed E-state index contributed by atoms with van der Waals surface area (Å²) in [6.45, 7) is 2.30. The standard InChI is InChI=1S/C26H34N6O3/c1-30(2)23(34)22-9-4-18(14-27-22)19-15-28-25(29-16-19)31-12-3-10-26(17-31)11-13-32(24(26)35)20-5-7-21(33)8-6-20/h4,9,14-16,20-21,33H,3,5-8,10-13,17H2,1-2H3/t20-,21+,26-/m0/s1. The number of anilines is 1. The van der Waals surface area contributed by atoms with Gasteiger partial charge in [-0.15, -0.1) is 0 Å². The lowest BCUT2D eigenvalue weighted by atomic mass is 9.78. The summed E-state index contributed by atoms with van der Waals surface area (Å²) in [6.07, 6.45) is 11.1. The average Bonchev–Trinajstić information content (AvgIpc) is 3.19. The van der Waals surface area contributed by atoms with Gasteiger partial charge in [0.1, 0.15) is 5.69 Å². The van der Waals surface area contributed by atoms with Gasteiger partial charge >= 0.3 is 0 Å². The fraction of sp³-hybridized carbons (Fsp3) is 0.577. The van der Waals surface area contributed by atoms with E-state index < -0.39 is 0 Å². The minimum Gasteiger partial charge on any atom is -0.393 e. The maximum atomic E-state index is 13.6. The van der Waals surface area contributed by atoms with Gasteiger partial charge in [0.05, 0.1) is 11.5 Å². The highest BCUT2D eigenvalue weighted by molar-refractivity contribution is 5.92. The third-order valence-electron chi connectivity index (χ3n) is 7.87. The Bertz CT molecular complexity index is 1070. The minimum absolute atomic E-state index is 0.136. The fourth-order valence-corrected chi connectivity index (χ4v) is 5.80. The molecule has 186 valence electrons. The topological polar surface area (TPSA) is 103 Å². The molecule has 1 atom stereocenters. The number of aliphatic hydroxyl groups is 1. The van der Waals surface area contributed by atoms with Gasteiger partial charge in [0, 0.05) is 69.5 Å². The van der Waals surface area contributed by atoms with E-state index in [1.807, 2.05) is 6.07 Å². The summed E-state index contributed by atoms with van der Waals surface area (Å²) in [4.78, 5) is 44.9. The number of hydrogen-bond donors (Lipinski definition) is 1. The molecule has 35 heavy (non-hydrogen) atoms. The zero-order valence-electron chi connectivity index (χ0n) is 20.6. The first-order valence-corrected chi connectivity index (χ1v) is 12.6. The molecule has 3 fully saturated rings. The maximum absolute atomic E-state index is 13.6. The monoisotopic (exact) mass is 478 g/mol. The number of nitrogens with zero attached hydrogens (tertiary/aromatic N) is 6. The Kier molecular flexibility index (Phi) is 6.44. The number of hydrogen-bond acceptors (Lipinski definition) is 7. The van der Waals surface area contributed by atoms with Crippen molar-refractivity contribution in [2.24, 2.45) is 5.41 Å². The molecule has 0 bridgehead atoms. The van der Waals surface area contributed by atoms with Crippen molar-refractivity contribution < 1.29 is 14.7 Å². The first-order chi connectivity index (χ1) is 16.9. The van der Waals surface area contributed by atoms with Gasteiger partial charge in [-0.1, -0.05) is 6.07 Å². The minimum atomic E-state index is -0.352. The van der Waals surface area contributed by atoms with Gasteiger partial charge < -0.3 is 19.8 Å². The Morgan fingerprint density at radius 2 is 1.71 bits per heavy atom. The van der Waals surface area contributed by atoms with Gasteiger partial charge in [0.25, 0.3) is 5.91 Å². The van der Waals surface area contributed by atoms with Crippen molar-refractivity contribution >= 4 is 17.8 Å². The lowest BCUT2D eigenvalue weighted by Gasteiger charge is -2.40. The van der Waals surface area contributed by atoms with Gasteiger partial charge in [-0.2, -0.15) is 0 Å². The van der Waals surface area contributed by atoms with E-state index in [1.54, 1.807) is 38.8 Å². The van der Waals surface area contributed by atoms with Crippen LogP contribution in [0.1, 0.15) is 55.4 Å². The molecule has 1 spiro atoms. The molecule has 2 aliphatic heterocycles. The van der Waals surface area contributed by atoms with E-state index in [0.717, 1.165) is 69.2 Å². The summed E-state index contributed by atoms with van der Waals surface area (Å²) >= 11 is 0. The van der Waals surface area contributed by atoms with Crippen molar-refractivity contribution in [3.63, 3.8) is 0 Å². The van der Waals surface area contributed by atoms with Crippen LogP contribution >= 0.6 is 0 Å². The summed E-state index contributed by atoms with van der Waals surface area (Å²) in [7, 11) is 3.40. The van der Waals surface area contributed by atoms with Crippen LogP contribution in [0.5, 0.6) is 0 Å². The second-order valence-electron chi connectivity index (χ2n) is 10.4. The van der Waals surface area contributed by atoms with E-state index in [4.69, 9.17) is 0 Å². The van der Waals surface area contributed by atoms with Gasteiger partial charge in [-0.05, 0) is 51.0 Å². The van der Waals surface area contributed by atoms with Gasteiger partial charge in [0.15, 0.2) is 0 Å². The Morgan fingerprint density at radius 1 is 1.00 bits per heavy atom. The Hall–Kier alpha value is -3.07. The highest BCUT2D eigenvalue weighted by Gasteiger charge is 2.51. The second-order valence-corrected chi connectivity index (χ2v) is 10.4. The SMILES string of the molecule is CN(C)C(=O)c1ccc(-c2cnc(N3CCC[C@]4(CCN([C@H]5CC[C@@H](O)CC5)C4=O)C3)nc2)cn1. The largest absolute Gasteiger partial charge is 0.393 e. The number of rotatable bonds is 4. The molecular formula is C26H34N6O3. The fourth-order valence-electron chi connectivity index (χ4n) is 5.80. The third-order valence-corrected chi connectivity index (χ3v) is 7.87. The molecule has 2 saturated heterocycles. The molecule has 4 heterocycles. The third kappa shape index (κ3) is 4.61. The quantitative estimate of drug-likeness (QED) is 0.720. The number of aromatic nitrogens is 3. The normalized spacial score (nSPS) is 26.9. The number of carbonyl (C=O) groups is 2. The Labute approximate surface area is 206 Å². The predicted molar refractivity (Wildman–Crippen MR) is 132 cm³/mol. The van der Waals surface area contributed by atoms with Crippen LogP contribution in [0.15, 0.2) is 30.7 Å². The summed E-state index contributed by atoms with van der Waals surface area (Å²) in [5, 5.41) is 9.84. The van der Waals surface area contributed by atoms with E-state index in [-0.39, 0.29) is 29.4 Å². The van der Waals surface area contributed by atoms with Crippen LogP contribution in [0.2, 0.25) is 0 Å². The molecule has 1 saturated carbocycles. The van der Waals surface area contributed by atoms with Crippen molar-refractivity contribution in [1.29, 1.82) is 0 Å². The smallest absolute Gasteiger partial charge is 0.271 e. The second kappa shape index (κ2) is 9.53. The molecule has 2 aromatic heterocycles. The summed E-state index contributed by atoms with van der Waals surface area (Å²) in [6, 6.07) is 3.84. The van der Waals surface area contributed by atoms with E-state index >= 15 is 0 Å². The summed E-state index contributed by atoms with van der Waals surface area (Å²) < 4.78 is 0. The zero-order chi connectivity index (χ0) is 24.6. The molecule has 1 aliphatic carbocycles. The number of aliphatic hydroxyl groups excluding tert-OH is 1. The lowest BCUT2D eigenvalue weighted by Crippen LogP contribution is -2.50. The highest BCUT2D eigenvalue weighted by Crippen LogP contribution is 2.43. The molecule has 9 nitrogen and oxygen atoms in total. The highest BCUT2D eigenvalue weighted by atomic mass is 16.3. The molecule has 0 aromatic carbocycles. The maximum Gasteiger partial charge on any atom is 0.271 e. The van der Waals surface area contributed by atoms with E-state index in [2.05, 4.69) is 24.8 Å². The first kappa shape index (κ1) is 23.7. The van der Waals surface area contributed by atoms with Gasteiger partial charge in [0.2, 0.25) is 11.9 Å². The molecule has 2 amide bonds. The number of amides is 2. The van der Waals surface area contributed by atoms with Gasteiger partial charge in [-0.25, -0.2) is 9.97 Å². The molecule has 0 radical (unpaired) electrons. The van der Waals surface area contributed by atoms with Crippen molar-refractivity contribution in [2.75, 3.05) is 38.6 Å². The predicted octanol–water partition coefficient (Wildman–Crippen LogP) is 2.36. The van der Waals surface area contributed by atoms with Crippen LogP contribution in [0, 0.1) is 5.41 Å². The summed E-state index contributed by atoms with van der Waals surface area (Å²) in [5.74, 6) is 0.786. The van der Waals surface area contributed by atoms with Crippen molar-refractivity contribution in [2.45, 2.75) is 57.1 Å². The molecule has 5 rings (SSSR count). The number of piperidine rings is 1. The van der Waals surface area contributed by atoms with Crippen LogP contribution in [0.3, 0.4) is 0 Å². The molecule has 0 unspecified atom stereocenters. The average molecular weight is 479 g/mol. The summed E-state index contributed by atoms with van der Waals surface area (Å²) in [5.41, 5.74) is 1.73. The lowest BCUT2D eigenvalue weighted by molar-refractivity contribution is -0.139. The number of likely N-dealkylation sites (tertiary alicyclic amines) is 1. The van der Waals surface area contributed by atoms with Crippen LogP contribution in [-0.4, -0.2) is 87.5 Å². The number of pyridine rings is 1. The van der Waals surface area contributed by atoms with Crippen molar-refractivity contribution in [1.82, 2.24) is 24.8 Å². The molecule has 9 heteroatoms. The van der Waals surface area contributed by atoms with E-state index in [9.17, 15) is 14.7 Å². The Balaban J connectivity index is 1.26. The van der Waals surface area contributed by atoms with Crippen LogP contribution in [0.4, 0.5) is 5.95 Å². The Morgan fingerprint density at radius 3 is 2.37 bits per heavy atom. The molecular weight excluding hydrogens is 444 g/mol. The molecule has 2 aromatic rings. The van der Waals surface area contributed by atoms with Crippen LogP contribution < -0.4 is 4.90 Å². The molecule has 3 aliphatic rings. The van der Waals surface area contributed by atoms with E-state index in [0.29, 0.717) is 18.2 Å². The van der Waals surface area contributed by atoms with Crippen LogP contribution in [0.25, 0.3) is 11.1 Å². The van der Waals surface area contributed by atoms with Gasteiger partial charge in [-0.3, -0.25) is 14.6 Å². The number of carbonyl (C=O) groups excluding carboxylic acids is 2. The first-order valence-electron chi connectivity index (χ1n) is 12.6. The zero-order valence-corrected chi connectivity index (χ0v) is 20.6. The van der Waals surface area contributed by atoms with Crippen molar-refractivity contribution in [3.05, 3.63) is 36.4 Å². The van der Waals surface area contributed by atoms with E-state index in [1.165, 1.54) is 4.90 Å². The molecule has 1 N–H and O–H groups in total.